The molecule has 0 unspecified atom stereocenters. The van der Waals surface area contributed by atoms with Crippen LogP contribution in [0.25, 0.3) is 38.7 Å². The molecule has 0 spiro atoms. The third kappa shape index (κ3) is 2.12. The minimum absolute atomic E-state index is 0.416. The van der Waals surface area contributed by atoms with Crippen LogP contribution in [-0.2, 0) is 5.31 Å². The van der Waals surface area contributed by atoms with Gasteiger partial charge in [-0.1, -0.05) is 50.2 Å². The van der Waals surface area contributed by atoms with Gasteiger partial charge in [0.05, 0.1) is 13.4 Å². The van der Waals surface area contributed by atoms with Gasteiger partial charge in [-0.2, -0.15) is 0 Å². The smallest absolute Gasteiger partial charge is 0.138 e. The van der Waals surface area contributed by atoms with Crippen LogP contribution in [0.3, 0.4) is 0 Å². The highest BCUT2D eigenvalue weighted by Gasteiger charge is 2.19. The summed E-state index contributed by atoms with van der Waals surface area (Å²) in [5.74, 6) is 0.874. The maximum absolute atomic E-state index is 6.32. The predicted molar refractivity (Wildman–Crippen MR) is 109 cm³/mol. The lowest BCUT2D eigenvalue weighted by Gasteiger charge is -2.20. The Kier molecular flexibility index (Phi) is 3.08. The number of rotatable bonds is 2. The quantitative estimate of drug-likeness (QED) is 0.449. The molecule has 0 saturated heterocycles. The van der Waals surface area contributed by atoms with E-state index in [9.17, 15) is 0 Å². The van der Waals surface area contributed by atoms with Crippen LogP contribution in [0.2, 0.25) is 0 Å². The molecule has 26 heavy (non-hydrogen) atoms. The number of fused-ring (bicyclic) bond motifs is 5. The molecule has 3 heterocycles. The first kappa shape index (κ1) is 15.3. The second kappa shape index (κ2) is 5.24. The van der Waals surface area contributed by atoms with Gasteiger partial charge in [0.15, 0.2) is 0 Å². The molecule has 124 valence electrons. The first-order chi connectivity index (χ1) is 12.5. The molecule has 3 aromatic heterocycles. The van der Waals surface area contributed by atoms with Gasteiger partial charge in [-0.25, -0.2) is 4.98 Å². The lowest BCUT2D eigenvalue weighted by molar-refractivity contribution is 0.759. The van der Waals surface area contributed by atoms with Gasteiger partial charge in [-0.15, -0.1) is 0 Å². The van der Waals surface area contributed by atoms with Crippen LogP contribution < -0.4 is 0 Å². The number of para-hydroxylation sites is 2. The van der Waals surface area contributed by atoms with Crippen molar-refractivity contribution in [2.75, 3.05) is 0 Å². The molecule has 1 N–H and O–H groups in total. The van der Waals surface area contributed by atoms with Crippen molar-refractivity contribution < 1.29 is 0 Å². The van der Waals surface area contributed by atoms with E-state index in [1.54, 1.807) is 0 Å². The zero-order valence-electron chi connectivity index (χ0n) is 14.8. The fraction of sp³-hybridized carbons (Fsp3) is 0.136. The highest BCUT2D eigenvalue weighted by atomic mass is 15.1. The third-order valence-electron chi connectivity index (χ3n) is 5.04. The normalized spacial score (nSPS) is 12.4. The van der Waals surface area contributed by atoms with Crippen LogP contribution in [0.1, 0.15) is 19.4 Å². The molecular weight excluding hydrogens is 317 g/mol. The Morgan fingerprint density at radius 3 is 2.50 bits per heavy atom. The van der Waals surface area contributed by atoms with E-state index in [-0.39, 0.29) is 0 Å². The minimum atomic E-state index is -0.416. The van der Waals surface area contributed by atoms with E-state index in [1.807, 2.05) is 26.1 Å². The van der Waals surface area contributed by atoms with Crippen LogP contribution in [0, 0.1) is 0 Å². The van der Waals surface area contributed by atoms with Crippen molar-refractivity contribution in [1.82, 2.24) is 14.5 Å². The van der Waals surface area contributed by atoms with Crippen LogP contribution in [0.15, 0.2) is 66.9 Å². The number of nitrogens with one attached hydrogen (secondary N) is 1. The van der Waals surface area contributed by atoms with E-state index in [0.29, 0.717) is 0 Å². The van der Waals surface area contributed by atoms with E-state index in [1.165, 1.54) is 16.2 Å². The summed E-state index contributed by atoms with van der Waals surface area (Å²) in [5.41, 5.74) is 4.39. The summed E-state index contributed by atoms with van der Waals surface area (Å²) in [4.78, 5) is 8.24. The number of benzene rings is 2. The van der Waals surface area contributed by atoms with Gasteiger partial charge in [-0.3, -0.25) is 4.57 Å². The van der Waals surface area contributed by atoms with E-state index >= 15 is 0 Å². The van der Waals surface area contributed by atoms with Gasteiger partial charge in [0, 0.05) is 27.9 Å². The fourth-order valence-corrected chi connectivity index (χ4v) is 3.75. The predicted octanol–water partition coefficient (Wildman–Crippen LogP) is 5.06. The highest BCUT2D eigenvalue weighted by Crippen LogP contribution is 2.36. The maximum atomic E-state index is 6.32. The summed E-state index contributed by atoms with van der Waals surface area (Å²) in [5, 5.41) is 3.27. The Balaban J connectivity index is 1.93. The minimum Gasteiger partial charge on any atom is -0.340 e. The van der Waals surface area contributed by atoms with Crippen molar-refractivity contribution in [2.45, 2.75) is 19.2 Å². The third-order valence-corrected chi connectivity index (χ3v) is 5.04. The average Bonchev–Trinajstić information content (AvgIpc) is 3.15. The first-order valence-electron chi connectivity index (χ1n) is 8.80. The summed E-state index contributed by atoms with van der Waals surface area (Å²) in [6, 6.07) is 20.9. The van der Waals surface area contributed by atoms with Gasteiger partial charge < -0.3 is 4.98 Å². The topological polar surface area (TPSA) is 33.6 Å². The lowest BCUT2D eigenvalue weighted by atomic mass is 9.68. The number of hydrogen-bond donors (Lipinski definition) is 1. The van der Waals surface area contributed by atoms with Gasteiger partial charge >= 0.3 is 0 Å². The van der Waals surface area contributed by atoms with E-state index < -0.39 is 5.31 Å². The summed E-state index contributed by atoms with van der Waals surface area (Å²) in [6.45, 7) is 4.02. The lowest BCUT2D eigenvalue weighted by Crippen LogP contribution is -2.17. The van der Waals surface area contributed by atoms with Crippen molar-refractivity contribution in [3.05, 3.63) is 72.4 Å². The molecule has 3 nitrogen and oxygen atoms in total. The Morgan fingerprint density at radius 2 is 1.69 bits per heavy atom. The second-order valence-electron chi connectivity index (χ2n) is 7.37. The Bertz CT molecular complexity index is 1270. The number of nitrogens with zero attached hydrogens (tertiary/aromatic N) is 2. The zero-order chi connectivity index (χ0) is 17.9. The van der Waals surface area contributed by atoms with E-state index in [2.05, 4.69) is 69.1 Å². The molecule has 0 aliphatic heterocycles. The molecule has 0 atom stereocenters. The van der Waals surface area contributed by atoms with Crippen LogP contribution >= 0.6 is 0 Å². The molecule has 0 amide bonds. The molecular formula is C22H18BN3. The van der Waals surface area contributed by atoms with Gasteiger partial charge in [0.25, 0.3) is 0 Å². The van der Waals surface area contributed by atoms with Crippen molar-refractivity contribution in [3.8, 4) is 5.82 Å². The van der Waals surface area contributed by atoms with Crippen molar-refractivity contribution in [1.29, 1.82) is 0 Å². The summed E-state index contributed by atoms with van der Waals surface area (Å²) in [6.07, 6.45) is 1.84. The number of aromatic nitrogens is 3. The Morgan fingerprint density at radius 1 is 0.962 bits per heavy atom. The van der Waals surface area contributed by atoms with Crippen molar-refractivity contribution in [2.24, 2.45) is 0 Å². The first-order valence-corrected chi connectivity index (χ1v) is 8.80. The van der Waals surface area contributed by atoms with Gasteiger partial charge in [-0.05, 0) is 35.1 Å². The van der Waals surface area contributed by atoms with Gasteiger partial charge in [0.2, 0.25) is 0 Å². The Labute approximate surface area is 153 Å². The molecule has 4 heteroatoms. The van der Waals surface area contributed by atoms with Crippen molar-refractivity contribution in [3.63, 3.8) is 0 Å². The Hall–Kier alpha value is -3.01. The monoisotopic (exact) mass is 335 g/mol. The molecule has 2 aromatic carbocycles. The molecule has 2 radical (unpaired) electrons. The molecule has 0 bridgehead atoms. The number of pyridine rings is 1. The molecule has 0 fully saturated rings. The molecule has 5 aromatic rings. The molecule has 0 saturated carbocycles. The number of aromatic amines is 1. The fourth-order valence-electron chi connectivity index (χ4n) is 3.75. The van der Waals surface area contributed by atoms with Crippen LogP contribution in [0.5, 0.6) is 0 Å². The van der Waals surface area contributed by atoms with Crippen molar-refractivity contribution >= 4 is 40.7 Å². The SMILES string of the molecule is [B]C(C)(C)c1ccnc(-n2c3ccccc3c3c4ccccc4[nH]c32)c1. The summed E-state index contributed by atoms with van der Waals surface area (Å²) < 4.78 is 2.19. The molecule has 5 rings (SSSR count). The van der Waals surface area contributed by atoms with Crippen LogP contribution in [0.4, 0.5) is 0 Å². The zero-order valence-corrected chi connectivity index (χ0v) is 14.8. The second-order valence-corrected chi connectivity index (χ2v) is 7.37. The number of hydrogen-bond acceptors (Lipinski definition) is 1. The summed E-state index contributed by atoms with van der Waals surface area (Å²) in [7, 11) is 6.32. The largest absolute Gasteiger partial charge is 0.340 e. The van der Waals surface area contributed by atoms with Crippen LogP contribution in [-0.4, -0.2) is 22.4 Å². The van der Waals surface area contributed by atoms with Gasteiger partial charge in [0.1, 0.15) is 11.5 Å². The average molecular weight is 335 g/mol. The maximum Gasteiger partial charge on any atom is 0.138 e. The summed E-state index contributed by atoms with van der Waals surface area (Å²) >= 11 is 0. The standard InChI is InChI=1S/C22H18BN3/c1-22(2,23)14-11-12-24-19(13-14)26-18-10-6-4-8-16(18)20-15-7-3-5-9-17(15)25-21(20)26/h3-13,25H,1-2H3. The van der Waals surface area contributed by atoms with E-state index in [4.69, 9.17) is 7.85 Å². The number of H-pyrrole nitrogens is 1. The highest BCUT2D eigenvalue weighted by molar-refractivity contribution is 6.21. The molecule has 0 aliphatic carbocycles. The van der Waals surface area contributed by atoms with E-state index in [0.717, 1.165) is 28.1 Å². The molecule has 0 aliphatic rings.